The van der Waals surface area contributed by atoms with E-state index in [0.717, 1.165) is 0 Å². The zero-order chi connectivity index (χ0) is 9.68. The third-order valence-corrected chi connectivity index (χ3v) is 1.44. The van der Waals surface area contributed by atoms with Gasteiger partial charge in [0.05, 0.1) is 0 Å². The average Bonchev–Trinajstić information content (AvgIpc) is 2.15. The molecule has 0 aliphatic heterocycles. The van der Waals surface area contributed by atoms with Gasteiger partial charge in [0, 0.05) is 5.56 Å². The summed E-state index contributed by atoms with van der Waals surface area (Å²) in [7, 11) is 0. The van der Waals surface area contributed by atoms with Crippen molar-refractivity contribution in [1.29, 1.82) is 5.26 Å². The van der Waals surface area contributed by atoms with Crippen LogP contribution in [0.15, 0.2) is 24.3 Å². The Balaban J connectivity index is 0. The molecule has 68 valence electrons. The average molecular weight is 216 g/mol. The van der Waals surface area contributed by atoms with E-state index in [2.05, 4.69) is 0 Å². The zero-order valence-corrected chi connectivity index (χ0v) is 11.0. The van der Waals surface area contributed by atoms with Crippen molar-refractivity contribution in [2.75, 3.05) is 6.61 Å². The van der Waals surface area contributed by atoms with Gasteiger partial charge in [0.1, 0.15) is 11.8 Å². The quantitative estimate of drug-likeness (QED) is 0.583. The summed E-state index contributed by atoms with van der Waals surface area (Å²) in [6.07, 6.45) is 0. The summed E-state index contributed by atoms with van der Waals surface area (Å²) in [6.45, 7) is -0.00405. The van der Waals surface area contributed by atoms with E-state index >= 15 is 0 Å². The van der Waals surface area contributed by atoms with Crippen molar-refractivity contribution in [3.8, 4) is 11.8 Å². The Kier molecular flexibility index (Phi) is 6.79. The predicted octanol–water partition coefficient (Wildman–Crippen LogP) is -2.20. The molecule has 1 amide bonds. The molecule has 14 heavy (non-hydrogen) atoms. The van der Waals surface area contributed by atoms with Gasteiger partial charge in [-0.05, 0) is 24.3 Å². The number of nitriles is 1. The maximum Gasteiger partial charge on any atom is 1.00 e. The van der Waals surface area contributed by atoms with Crippen LogP contribution in [0.25, 0.3) is 0 Å². The van der Waals surface area contributed by atoms with Crippen LogP contribution in [0.1, 0.15) is 11.8 Å². The first kappa shape index (κ1) is 13.6. The molecule has 5 heteroatoms. The molecule has 0 saturated carbocycles. The van der Waals surface area contributed by atoms with E-state index < -0.39 is 5.91 Å². The maximum atomic E-state index is 10.7. The number of amides is 1. The Bertz CT molecular complexity index is 348. The van der Waals surface area contributed by atoms with Gasteiger partial charge >= 0.3 is 51.4 Å². The Morgan fingerprint density at radius 2 is 2.07 bits per heavy atom. The van der Waals surface area contributed by atoms with Gasteiger partial charge in [0.2, 0.25) is 5.91 Å². The Morgan fingerprint density at radius 1 is 1.50 bits per heavy atom. The van der Waals surface area contributed by atoms with Crippen molar-refractivity contribution in [3.05, 3.63) is 29.8 Å². The summed E-state index contributed by atoms with van der Waals surface area (Å²) in [4.78, 5) is 10.7. The van der Waals surface area contributed by atoms with E-state index in [1.165, 1.54) is 0 Å². The molecule has 0 aliphatic carbocycles. The van der Waals surface area contributed by atoms with Gasteiger partial charge in [-0.25, -0.2) is 0 Å². The second-order valence-corrected chi connectivity index (χ2v) is 2.34. The molecule has 0 saturated heterocycles. The molecule has 0 radical (unpaired) electrons. The summed E-state index contributed by atoms with van der Waals surface area (Å²) in [6, 6.07) is 8.13. The summed E-state index contributed by atoms with van der Waals surface area (Å²) in [5, 5.41) is 8.22. The number of hydrogen-bond donors (Lipinski definition) is 1. The van der Waals surface area contributed by atoms with Crippen molar-refractivity contribution in [3.63, 3.8) is 0 Å². The normalized spacial score (nSPS) is 8.21. The fourth-order valence-corrected chi connectivity index (χ4v) is 0.831. The van der Waals surface area contributed by atoms with E-state index in [4.69, 9.17) is 15.7 Å². The number of carbonyl (C=O) groups is 1. The monoisotopic (exact) mass is 216 g/mol. The van der Waals surface area contributed by atoms with Gasteiger partial charge in [-0.15, -0.1) is 0 Å². The van der Waals surface area contributed by atoms with E-state index in [1.807, 2.05) is 6.07 Å². The first-order valence-electron chi connectivity index (χ1n) is 3.63. The maximum absolute atomic E-state index is 10.7. The van der Waals surface area contributed by atoms with Gasteiger partial charge < -0.3 is 11.9 Å². The van der Waals surface area contributed by atoms with Crippen molar-refractivity contribution in [1.82, 2.24) is 0 Å². The van der Waals surface area contributed by atoms with Crippen molar-refractivity contribution < 1.29 is 62.3 Å². The van der Waals surface area contributed by atoms with Gasteiger partial charge in [-0.2, -0.15) is 5.26 Å². The number of hydrogen-bond acceptors (Lipinski definition) is 3. The van der Waals surface area contributed by atoms with Crippen molar-refractivity contribution in [2.45, 2.75) is 0 Å². The molecule has 0 spiro atoms. The van der Waals surface area contributed by atoms with Crippen LogP contribution in [0.5, 0.6) is 5.75 Å². The minimum absolute atomic E-state index is 0. The van der Waals surface area contributed by atoms with Crippen LogP contribution in [0.4, 0.5) is 0 Å². The molecule has 0 bridgehead atoms. The molecule has 1 rings (SSSR count). The summed E-state index contributed by atoms with van der Waals surface area (Å²) in [5.41, 5.74) is 5.45. The van der Waals surface area contributed by atoms with E-state index in [9.17, 15) is 4.79 Å². The SMILES string of the molecule is N#CCOc1ccc(C(N)=O)cc1.[H-].[K+]. The number of benzene rings is 1. The molecule has 1 aromatic carbocycles. The Morgan fingerprint density at radius 3 is 2.50 bits per heavy atom. The zero-order valence-electron chi connectivity index (χ0n) is 8.86. The van der Waals surface area contributed by atoms with Crippen LogP contribution in [0, 0.1) is 11.3 Å². The minimum atomic E-state index is -0.480. The topological polar surface area (TPSA) is 76.1 Å². The molecule has 0 atom stereocenters. The number of primary amides is 1. The Labute approximate surface area is 126 Å². The summed E-state index contributed by atoms with van der Waals surface area (Å²) < 4.78 is 4.98. The van der Waals surface area contributed by atoms with Gasteiger partial charge in [-0.3, -0.25) is 4.79 Å². The van der Waals surface area contributed by atoms with Crippen LogP contribution < -0.4 is 61.9 Å². The number of rotatable bonds is 3. The molecule has 0 aliphatic rings. The number of nitrogens with two attached hydrogens (primary N) is 1. The van der Waals surface area contributed by atoms with Crippen LogP contribution in [0.3, 0.4) is 0 Å². The predicted molar refractivity (Wildman–Crippen MR) is 47.2 cm³/mol. The number of carbonyl (C=O) groups excluding carboxylic acids is 1. The van der Waals surface area contributed by atoms with E-state index in [-0.39, 0.29) is 59.4 Å². The van der Waals surface area contributed by atoms with Crippen molar-refractivity contribution in [2.24, 2.45) is 5.73 Å². The van der Waals surface area contributed by atoms with Gasteiger partial charge in [0.25, 0.3) is 0 Å². The summed E-state index contributed by atoms with van der Waals surface area (Å²) in [5.74, 6) is 0.0679. The molecule has 0 fully saturated rings. The minimum Gasteiger partial charge on any atom is -1.00 e. The molecule has 0 heterocycles. The largest absolute Gasteiger partial charge is 1.00 e. The third-order valence-electron chi connectivity index (χ3n) is 1.44. The molecule has 4 nitrogen and oxygen atoms in total. The molecular weight excluding hydrogens is 207 g/mol. The van der Waals surface area contributed by atoms with Crippen molar-refractivity contribution >= 4 is 5.91 Å². The third kappa shape index (κ3) is 4.22. The molecule has 0 aromatic heterocycles. The second kappa shape index (κ2) is 6.98. The van der Waals surface area contributed by atoms with Crippen LogP contribution in [0.2, 0.25) is 0 Å². The summed E-state index contributed by atoms with van der Waals surface area (Å²) >= 11 is 0. The smallest absolute Gasteiger partial charge is 1.00 e. The Hall–Kier alpha value is -0.384. The molecular formula is C9H9KN2O2. The molecule has 1 aromatic rings. The molecule has 2 N–H and O–H groups in total. The van der Waals surface area contributed by atoms with Crippen LogP contribution in [-0.2, 0) is 0 Å². The standard InChI is InChI=1S/C9H8N2O2.K.H/c10-5-6-13-8-3-1-7(2-4-8)9(11)12;;/h1-4H,6H2,(H2,11,12);;/q;+1;-1. The fourth-order valence-electron chi connectivity index (χ4n) is 0.831. The first-order valence-corrected chi connectivity index (χ1v) is 3.63. The van der Waals surface area contributed by atoms with E-state index in [0.29, 0.717) is 11.3 Å². The van der Waals surface area contributed by atoms with Gasteiger partial charge in [0.15, 0.2) is 6.61 Å². The van der Waals surface area contributed by atoms with Crippen LogP contribution in [-0.4, -0.2) is 12.5 Å². The van der Waals surface area contributed by atoms with Crippen LogP contribution >= 0.6 is 0 Å². The second-order valence-electron chi connectivity index (χ2n) is 2.34. The first-order chi connectivity index (χ1) is 6.24. The van der Waals surface area contributed by atoms with Gasteiger partial charge in [-0.1, -0.05) is 0 Å². The number of nitrogens with zero attached hydrogens (tertiary/aromatic N) is 1. The fraction of sp³-hybridized carbons (Fsp3) is 0.111. The number of ether oxygens (including phenoxy) is 1. The molecule has 0 unspecified atom stereocenters. The van der Waals surface area contributed by atoms with E-state index in [1.54, 1.807) is 24.3 Å².